The normalized spacial score (nSPS) is 11.7. The number of benzene rings is 7. The predicted octanol–water partition coefficient (Wildman–Crippen LogP) is 12.2. The largest absolute Gasteiger partial charge is 0.455 e. The van der Waals surface area contributed by atoms with Crippen LogP contribution in [0.5, 0.6) is 0 Å². The maximum atomic E-state index is 6.56. The quantitative estimate of drug-likeness (QED) is 0.210. The van der Waals surface area contributed by atoms with E-state index in [4.69, 9.17) is 4.42 Å². The lowest BCUT2D eigenvalue weighted by molar-refractivity contribution is 0.673. The van der Waals surface area contributed by atoms with Crippen LogP contribution < -0.4 is 4.90 Å². The van der Waals surface area contributed by atoms with Crippen molar-refractivity contribution in [3.05, 3.63) is 152 Å². The first-order valence-corrected chi connectivity index (χ1v) is 15.3. The standard InChI is InChI=1S/C40H25NOS/c1-2-12-27(13-3-1)41(28-22-24-32-31-16-7-9-20-37(31)43-38(32)25-28)35-18-8-6-15-30(35)33-17-10-19-36-39(33)34-23-21-26-11-4-5-14-29(26)40(34)42-36/h1-25H. The summed E-state index contributed by atoms with van der Waals surface area (Å²) in [5.74, 6) is 0. The molecule has 2 nitrogen and oxygen atoms in total. The fourth-order valence-electron chi connectivity index (χ4n) is 6.53. The maximum absolute atomic E-state index is 6.56. The van der Waals surface area contributed by atoms with E-state index in [1.165, 1.54) is 25.6 Å². The Bertz CT molecular complexity index is 2470. The van der Waals surface area contributed by atoms with Crippen molar-refractivity contribution in [3.8, 4) is 11.1 Å². The molecule has 0 saturated carbocycles. The lowest BCUT2D eigenvalue weighted by Gasteiger charge is -2.28. The summed E-state index contributed by atoms with van der Waals surface area (Å²) < 4.78 is 9.16. The molecule has 9 aromatic rings. The topological polar surface area (TPSA) is 16.4 Å². The summed E-state index contributed by atoms with van der Waals surface area (Å²) in [5, 5.41) is 7.21. The molecule has 0 unspecified atom stereocenters. The third-order valence-corrected chi connectivity index (χ3v) is 9.59. The predicted molar refractivity (Wildman–Crippen MR) is 184 cm³/mol. The van der Waals surface area contributed by atoms with Crippen LogP contribution in [0.1, 0.15) is 0 Å². The van der Waals surface area contributed by atoms with Crippen molar-refractivity contribution in [1.29, 1.82) is 0 Å². The van der Waals surface area contributed by atoms with Crippen molar-refractivity contribution < 1.29 is 4.42 Å². The average molecular weight is 568 g/mol. The zero-order chi connectivity index (χ0) is 28.3. The third-order valence-electron chi connectivity index (χ3n) is 8.46. The molecule has 2 heterocycles. The van der Waals surface area contributed by atoms with Gasteiger partial charge in [0.2, 0.25) is 0 Å². The second-order valence-electron chi connectivity index (χ2n) is 10.9. The fourth-order valence-corrected chi connectivity index (χ4v) is 7.67. The minimum Gasteiger partial charge on any atom is -0.455 e. The molecule has 0 spiro atoms. The van der Waals surface area contributed by atoms with Gasteiger partial charge in [-0.15, -0.1) is 11.3 Å². The van der Waals surface area contributed by atoms with E-state index in [9.17, 15) is 0 Å². The lowest BCUT2D eigenvalue weighted by atomic mass is 9.96. The first kappa shape index (κ1) is 24.2. The highest BCUT2D eigenvalue weighted by molar-refractivity contribution is 7.25. The second kappa shape index (κ2) is 9.59. The molecule has 7 aromatic carbocycles. The Labute approximate surface area is 252 Å². The van der Waals surface area contributed by atoms with Crippen LogP contribution in [-0.2, 0) is 0 Å². The number of thiophene rings is 1. The monoisotopic (exact) mass is 567 g/mol. The van der Waals surface area contributed by atoms with Gasteiger partial charge >= 0.3 is 0 Å². The Morgan fingerprint density at radius 3 is 2.12 bits per heavy atom. The van der Waals surface area contributed by atoms with Gasteiger partial charge in [-0.1, -0.05) is 103 Å². The minimum atomic E-state index is 0.900. The van der Waals surface area contributed by atoms with E-state index in [1.807, 2.05) is 11.3 Å². The highest BCUT2D eigenvalue weighted by atomic mass is 32.1. The van der Waals surface area contributed by atoms with Crippen molar-refractivity contribution in [2.75, 3.05) is 4.90 Å². The summed E-state index contributed by atoms with van der Waals surface area (Å²) in [5.41, 5.74) is 7.52. The molecular weight excluding hydrogens is 543 g/mol. The number of rotatable bonds is 4. The van der Waals surface area contributed by atoms with Crippen LogP contribution in [0.25, 0.3) is 64.0 Å². The van der Waals surface area contributed by atoms with Gasteiger partial charge in [0.1, 0.15) is 11.2 Å². The third kappa shape index (κ3) is 3.79. The van der Waals surface area contributed by atoms with Gasteiger partial charge in [0.05, 0.1) is 5.69 Å². The van der Waals surface area contributed by atoms with Gasteiger partial charge in [-0.05, 0) is 59.5 Å². The van der Waals surface area contributed by atoms with Gasteiger partial charge in [-0.2, -0.15) is 0 Å². The second-order valence-corrected chi connectivity index (χ2v) is 12.0. The Balaban J connectivity index is 1.30. The molecule has 2 aromatic heterocycles. The van der Waals surface area contributed by atoms with E-state index >= 15 is 0 Å². The van der Waals surface area contributed by atoms with Crippen LogP contribution in [0.4, 0.5) is 17.1 Å². The van der Waals surface area contributed by atoms with Gasteiger partial charge < -0.3 is 9.32 Å². The highest BCUT2D eigenvalue weighted by Gasteiger charge is 2.21. The number of para-hydroxylation sites is 2. The van der Waals surface area contributed by atoms with Gasteiger partial charge in [0.15, 0.2) is 0 Å². The molecule has 0 atom stereocenters. The number of hydrogen-bond donors (Lipinski definition) is 0. The molecule has 0 aliphatic rings. The summed E-state index contributed by atoms with van der Waals surface area (Å²) in [7, 11) is 0. The molecule has 0 fully saturated rings. The van der Waals surface area contributed by atoms with Crippen molar-refractivity contribution in [3.63, 3.8) is 0 Å². The first-order valence-electron chi connectivity index (χ1n) is 14.5. The summed E-state index contributed by atoms with van der Waals surface area (Å²) in [6.45, 7) is 0. The smallest absolute Gasteiger partial charge is 0.143 e. The van der Waals surface area contributed by atoms with Crippen LogP contribution in [0.15, 0.2) is 156 Å². The van der Waals surface area contributed by atoms with Gasteiger partial charge in [-0.25, -0.2) is 0 Å². The number of hydrogen-bond acceptors (Lipinski definition) is 3. The van der Waals surface area contributed by atoms with Crippen molar-refractivity contribution >= 4 is 81.3 Å². The van der Waals surface area contributed by atoms with Gasteiger partial charge in [-0.3, -0.25) is 0 Å². The first-order chi connectivity index (χ1) is 21.3. The minimum absolute atomic E-state index is 0.900. The molecule has 0 bridgehead atoms. The molecular formula is C40H25NOS. The average Bonchev–Trinajstić information content (AvgIpc) is 3.64. The SMILES string of the molecule is c1ccc(N(c2ccc3c(c2)sc2ccccc23)c2ccccc2-c2cccc3oc4c5ccccc5ccc4c23)cc1. The Morgan fingerprint density at radius 2 is 1.19 bits per heavy atom. The van der Waals surface area contributed by atoms with Crippen LogP contribution in [0, 0.1) is 0 Å². The van der Waals surface area contributed by atoms with E-state index in [0.29, 0.717) is 0 Å². The molecule has 3 heteroatoms. The molecule has 0 saturated heterocycles. The molecule has 0 radical (unpaired) electrons. The summed E-state index contributed by atoms with van der Waals surface area (Å²) in [6, 6.07) is 54.2. The van der Waals surface area contributed by atoms with Crippen LogP contribution >= 0.6 is 11.3 Å². The zero-order valence-corrected chi connectivity index (χ0v) is 24.0. The van der Waals surface area contributed by atoms with Crippen LogP contribution in [-0.4, -0.2) is 0 Å². The number of nitrogens with zero attached hydrogens (tertiary/aromatic N) is 1. The molecule has 202 valence electrons. The molecule has 9 rings (SSSR count). The number of fused-ring (bicyclic) bond motifs is 8. The van der Waals surface area contributed by atoms with E-state index < -0.39 is 0 Å². The van der Waals surface area contributed by atoms with Crippen molar-refractivity contribution in [2.45, 2.75) is 0 Å². The lowest BCUT2D eigenvalue weighted by Crippen LogP contribution is -2.11. The van der Waals surface area contributed by atoms with Crippen LogP contribution in [0.3, 0.4) is 0 Å². The molecule has 0 aliphatic carbocycles. The Hall–Kier alpha value is -5.38. The van der Waals surface area contributed by atoms with Crippen molar-refractivity contribution in [1.82, 2.24) is 0 Å². The summed E-state index contributed by atoms with van der Waals surface area (Å²) >= 11 is 1.85. The van der Waals surface area contributed by atoms with E-state index in [1.54, 1.807) is 0 Å². The molecule has 43 heavy (non-hydrogen) atoms. The van der Waals surface area contributed by atoms with Crippen LogP contribution in [0.2, 0.25) is 0 Å². The zero-order valence-electron chi connectivity index (χ0n) is 23.2. The summed E-state index contributed by atoms with van der Waals surface area (Å²) in [6.07, 6.45) is 0. The van der Waals surface area contributed by atoms with E-state index in [2.05, 4.69) is 157 Å². The molecule has 0 N–H and O–H groups in total. The van der Waals surface area contributed by atoms with Gasteiger partial charge in [0, 0.05) is 53.3 Å². The van der Waals surface area contributed by atoms with Crippen molar-refractivity contribution in [2.24, 2.45) is 0 Å². The maximum Gasteiger partial charge on any atom is 0.143 e. The molecule has 0 amide bonds. The summed E-state index contributed by atoms with van der Waals surface area (Å²) in [4.78, 5) is 2.38. The number of anilines is 3. The Kier molecular flexibility index (Phi) is 5.40. The molecule has 0 aliphatic heterocycles. The fraction of sp³-hybridized carbons (Fsp3) is 0. The Morgan fingerprint density at radius 1 is 0.465 bits per heavy atom. The highest BCUT2D eigenvalue weighted by Crippen LogP contribution is 2.46. The van der Waals surface area contributed by atoms with E-state index in [-0.39, 0.29) is 0 Å². The number of furan rings is 1. The van der Waals surface area contributed by atoms with Gasteiger partial charge in [0.25, 0.3) is 0 Å². The van der Waals surface area contributed by atoms with E-state index in [0.717, 1.165) is 55.5 Å².